The Morgan fingerprint density at radius 1 is 1.15 bits per heavy atom. The number of rotatable bonds is 1. The molecule has 3 fully saturated rings. The van der Waals surface area contributed by atoms with Gasteiger partial charge in [0.05, 0.1) is 0 Å². The molecule has 0 spiro atoms. The normalized spacial score (nSPS) is 44.4. The molecule has 26 heavy (non-hydrogen) atoms. The van der Waals surface area contributed by atoms with Crippen LogP contribution in [0.3, 0.4) is 0 Å². The average molecular weight is 358 g/mol. The van der Waals surface area contributed by atoms with Crippen LogP contribution in [0.5, 0.6) is 0 Å². The molecule has 4 aliphatic carbocycles. The summed E-state index contributed by atoms with van der Waals surface area (Å²) < 4.78 is 0. The van der Waals surface area contributed by atoms with E-state index < -0.39 is 17.9 Å². The molecule has 6 atom stereocenters. The molecule has 5 nitrogen and oxygen atoms in total. The van der Waals surface area contributed by atoms with E-state index >= 15 is 0 Å². The van der Waals surface area contributed by atoms with Crippen LogP contribution in [0.25, 0.3) is 0 Å². The van der Waals surface area contributed by atoms with Crippen LogP contribution in [-0.2, 0) is 9.59 Å². The predicted molar refractivity (Wildman–Crippen MR) is 97.9 cm³/mol. The number of amides is 3. The topological polar surface area (TPSA) is 89.3 Å². The Labute approximate surface area is 155 Å². The minimum Gasteiger partial charge on any atom is -0.351 e. The number of allylic oxidation sites excluding steroid dienone is 1. The molecule has 0 bridgehead atoms. The number of fused-ring (bicyclic) bond motifs is 5. The quantitative estimate of drug-likeness (QED) is 0.705. The van der Waals surface area contributed by atoms with Gasteiger partial charge in [-0.3, -0.25) is 14.9 Å². The van der Waals surface area contributed by atoms with Crippen molar-refractivity contribution in [3.8, 4) is 0 Å². The van der Waals surface area contributed by atoms with Crippen LogP contribution in [-0.4, -0.2) is 17.7 Å². The molecule has 0 heterocycles. The van der Waals surface area contributed by atoms with Gasteiger partial charge in [0.1, 0.15) is 5.92 Å². The lowest BCUT2D eigenvalue weighted by Gasteiger charge is -2.57. The molecule has 1 unspecified atom stereocenters. The van der Waals surface area contributed by atoms with E-state index in [1.54, 1.807) is 6.08 Å². The van der Waals surface area contributed by atoms with E-state index in [9.17, 15) is 14.4 Å². The third kappa shape index (κ3) is 2.54. The zero-order valence-corrected chi connectivity index (χ0v) is 15.8. The molecular formula is C21H30N2O3. The predicted octanol–water partition coefficient (Wildman–Crippen LogP) is 3.33. The Morgan fingerprint density at radius 2 is 1.92 bits per heavy atom. The number of carbonyl (C=O) groups excluding carboxylic acids is 3. The molecule has 0 aromatic carbocycles. The molecule has 0 radical (unpaired) electrons. The molecular weight excluding hydrogens is 328 g/mol. The summed E-state index contributed by atoms with van der Waals surface area (Å²) in [4.78, 5) is 36.0. The molecule has 0 aromatic rings. The van der Waals surface area contributed by atoms with E-state index in [1.807, 2.05) is 0 Å². The van der Waals surface area contributed by atoms with Crippen molar-refractivity contribution in [3.05, 3.63) is 11.6 Å². The molecule has 0 saturated heterocycles. The van der Waals surface area contributed by atoms with Crippen molar-refractivity contribution in [1.82, 2.24) is 5.32 Å². The van der Waals surface area contributed by atoms with Gasteiger partial charge in [-0.1, -0.05) is 25.8 Å². The number of carbonyl (C=O) groups is 3. The zero-order chi connectivity index (χ0) is 18.7. The third-order valence-corrected chi connectivity index (χ3v) is 8.37. The number of hydrogen-bond donors (Lipinski definition) is 2. The van der Waals surface area contributed by atoms with Gasteiger partial charge in [-0.25, -0.2) is 4.79 Å². The fourth-order valence-electron chi connectivity index (χ4n) is 7.07. The van der Waals surface area contributed by atoms with Gasteiger partial charge in [0.15, 0.2) is 5.78 Å². The summed E-state index contributed by atoms with van der Waals surface area (Å²) >= 11 is 0. The largest absolute Gasteiger partial charge is 0.351 e. The molecule has 3 saturated carbocycles. The molecule has 4 rings (SSSR count). The van der Waals surface area contributed by atoms with Gasteiger partial charge >= 0.3 is 6.03 Å². The van der Waals surface area contributed by atoms with Crippen LogP contribution in [0.15, 0.2) is 11.6 Å². The van der Waals surface area contributed by atoms with Crippen LogP contribution in [0.2, 0.25) is 0 Å². The number of nitrogens with one attached hydrogen (secondary N) is 1. The van der Waals surface area contributed by atoms with Crippen molar-refractivity contribution in [1.29, 1.82) is 0 Å². The lowest BCUT2D eigenvalue weighted by atomic mass is 9.47. The highest BCUT2D eigenvalue weighted by Gasteiger charge is 2.57. The molecule has 5 heteroatoms. The zero-order valence-electron chi connectivity index (χ0n) is 15.8. The van der Waals surface area contributed by atoms with Crippen LogP contribution in [0.1, 0.15) is 65.2 Å². The van der Waals surface area contributed by atoms with E-state index in [2.05, 4.69) is 19.2 Å². The number of hydrogen-bond acceptors (Lipinski definition) is 3. The monoisotopic (exact) mass is 358 g/mol. The highest BCUT2D eigenvalue weighted by molar-refractivity contribution is 6.11. The van der Waals surface area contributed by atoms with Crippen LogP contribution < -0.4 is 11.1 Å². The van der Waals surface area contributed by atoms with Crippen LogP contribution >= 0.6 is 0 Å². The van der Waals surface area contributed by atoms with Gasteiger partial charge in [-0.2, -0.15) is 0 Å². The molecule has 142 valence electrons. The minimum atomic E-state index is -0.886. The minimum absolute atomic E-state index is 0.111. The summed E-state index contributed by atoms with van der Waals surface area (Å²) in [6, 6.07) is -0.886. The summed E-state index contributed by atoms with van der Waals surface area (Å²) in [5, 5.41) is 2.12. The lowest BCUT2D eigenvalue weighted by molar-refractivity contribution is -0.135. The highest BCUT2D eigenvalue weighted by atomic mass is 16.2. The summed E-state index contributed by atoms with van der Waals surface area (Å²) in [6.45, 7) is 4.73. The smallest absolute Gasteiger partial charge is 0.318 e. The lowest BCUT2D eigenvalue weighted by Crippen LogP contribution is -2.52. The summed E-state index contributed by atoms with van der Waals surface area (Å²) in [7, 11) is 0. The first-order valence-corrected chi connectivity index (χ1v) is 10.1. The van der Waals surface area contributed by atoms with Crippen molar-refractivity contribution in [2.24, 2.45) is 40.2 Å². The first-order valence-electron chi connectivity index (χ1n) is 10.1. The molecule has 0 aliphatic heterocycles. The standard InChI is InChI=1S/C21H30N2O3/c1-20-8-3-4-15(20)13-6-5-12-10-17(24)14(18(25)23-19(22)26)11-21(12,2)16(13)7-9-20/h10,13-16H,3-9,11H2,1-2H3,(H3,22,23,25,26)/t13-,14?,15-,16+,20-,21-/m0/s1. The molecule has 0 aromatic heterocycles. The fraction of sp³-hybridized carbons (Fsp3) is 0.762. The van der Waals surface area contributed by atoms with Crippen molar-refractivity contribution in [3.63, 3.8) is 0 Å². The van der Waals surface area contributed by atoms with Gasteiger partial charge in [-0.15, -0.1) is 0 Å². The van der Waals surface area contributed by atoms with Gasteiger partial charge in [0.2, 0.25) is 5.91 Å². The third-order valence-electron chi connectivity index (χ3n) is 8.37. The van der Waals surface area contributed by atoms with Crippen LogP contribution in [0, 0.1) is 34.5 Å². The highest BCUT2D eigenvalue weighted by Crippen LogP contribution is 2.65. The van der Waals surface area contributed by atoms with Gasteiger partial charge in [-0.05, 0) is 79.6 Å². The van der Waals surface area contributed by atoms with Gasteiger partial charge in [0, 0.05) is 0 Å². The SMILES string of the molecule is C[C@@]12CCC[C@H]1[C@@H]1CCC3=CC(=O)C(C(=O)NC(N)=O)C[C@]3(C)[C@@H]1CC2. The second kappa shape index (κ2) is 5.93. The average Bonchev–Trinajstić information content (AvgIpc) is 2.96. The maximum absolute atomic E-state index is 12.5. The van der Waals surface area contributed by atoms with Crippen molar-refractivity contribution in [2.45, 2.75) is 65.2 Å². The van der Waals surface area contributed by atoms with E-state index in [4.69, 9.17) is 5.73 Å². The van der Waals surface area contributed by atoms with E-state index in [-0.39, 0.29) is 11.2 Å². The Morgan fingerprint density at radius 3 is 2.65 bits per heavy atom. The van der Waals surface area contributed by atoms with Crippen LogP contribution in [0.4, 0.5) is 4.79 Å². The molecule has 3 N–H and O–H groups in total. The van der Waals surface area contributed by atoms with Crippen molar-refractivity contribution < 1.29 is 14.4 Å². The summed E-state index contributed by atoms with van der Waals surface area (Å²) in [6.07, 6.45) is 10.8. The van der Waals surface area contributed by atoms with E-state index in [1.165, 1.54) is 44.1 Å². The number of urea groups is 1. The Hall–Kier alpha value is -1.65. The van der Waals surface area contributed by atoms with Gasteiger partial charge < -0.3 is 5.73 Å². The summed E-state index contributed by atoms with van der Waals surface area (Å²) in [5.74, 6) is 0.531. The Balaban J connectivity index is 1.64. The first kappa shape index (κ1) is 17.7. The molecule has 4 aliphatic rings. The Kier molecular flexibility index (Phi) is 4.05. The van der Waals surface area contributed by atoms with Gasteiger partial charge in [0.25, 0.3) is 0 Å². The summed E-state index contributed by atoms with van der Waals surface area (Å²) in [5.41, 5.74) is 6.70. The second-order valence-electron chi connectivity index (χ2n) is 9.60. The Bertz CT molecular complexity index is 699. The van der Waals surface area contributed by atoms with E-state index in [0.29, 0.717) is 23.7 Å². The van der Waals surface area contributed by atoms with E-state index in [0.717, 1.165) is 12.3 Å². The number of imide groups is 1. The fourth-order valence-corrected chi connectivity index (χ4v) is 7.07. The molecule has 3 amide bonds. The number of nitrogens with two attached hydrogens (primary N) is 1. The second-order valence-corrected chi connectivity index (χ2v) is 9.60. The van der Waals surface area contributed by atoms with Crippen molar-refractivity contribution >= 4 is 17.7 Å². The van der Waals surface area contributed by atoms with Crippen molar-refractivity contribution in [2.75, 3.05) is 0 Å². The maximum Gasteiger partial charge on any atom is 0.318 e. The maximum atomic E-state index is 12.5. The number of primary amides is 1. The number of ketones is 1. The first-order chi connectivity index (χ1) is 12.2.